The van der Waals surface area contributed by atoms with Crippen LogP contribution in [0, 0.1) is 6.92 Å². The van der Waals surface area contributed by atoms with Crippen molar-refractivity contribution in [2.75, 3.05) is 12.4 Å². The molecule has 21 heavy (non-hydrogen) atoms. The third kappa shape index (κ3) is 3.20. The molecule has 2 N–H and O–H groups in total. The molecule has 0 fully saturated rings. The highest BCUT2D eigenvalue weighted by atomic mass is 35.5. The average Bonchev–Trinajstić information content (AvgIpc) is 2.49. The highest BCUT2D eigenvalue weighted by molar-refractivity contribution is 6.34. The number of anilines is 1. The molecule has 0 radical (unpaired) electrons. The lowest BCUT2D eigenvalue weighted by atomic mass is 10.1. The average molecular weight is 304 g/mol. The molecule has 0 atom stereocenters. The second-order valence-corrected chi connectivity index (χ2v) is 4.77. The third-order valence-electron chi connectivity index (χ3n) is 3.07. The van der Waals surface area contributed by atoms with E-state index in [1.54, 1.807) is 38.2 Å². The van der Waals surface area contributed by atoms with Crippen molar-refractivity contribution < 1.29 is 9.59 Å². The standard InChI is InChI=1S/C15H14ClN3O2/c1-9-10(14(20)17-2)4-3-5-13(9)19-15(21)11-8-18-7-6-12(11)16/h3-8H,1-2H3,(H,17,20)(H,19,21). The van der Waals surface area contributed by atoms with Crippen molar-refractivity contribution in [3.8, 4) is 0 Å². The van der Waals surface area contributed by atoms with Gasteiger partial charge in [-0.15, -0.1) is 0 Å². The first-order valence-electron chi connectivity index (χ1n) is 6.27. The number of benzene rings is 1. The van der Waals surface area contributed by atoms with E-state index in [0.29, 0.717) is 21.8 Å². The summed E-state index contributed by atoms with van der Waals surface area (Å²) in [6.07, 6.45) is 2.91. The molecule has 0 spiro atoms. The van der Waals surface area contributed by atoms with Crippen LogP contribution < -0.4 is 10.6 Å². The molecule has 5 nitrogen and oxygen atoms in total. The number of nitrogens with one attached hydrogen (secondary N) is 2. The van der Waals surface area contributed by atoms with Crippen LogP contribution in [0.5, 0.6) is 0 Å². The maximum Gasteiger partial charge on any atom is 0.258 e. The van der Waals surface area contributed by atoms with Crippen molar-refractivity contribution in [3.05, 3.63) is 58.4 Å². The number of amides is 2. The van der Waals surface area contributed by atoms with Gasteiger partial charge in [0.15, 0.2) is 0 Å². The molecular formula is C15H14ClN3O2. The van der Waals surface area contributed by atoms with E-state index in [1.165, 1.54) is 12.4 Å². The summed E-state index contributed by atoms with van der Waals surface area (Å²) in [5.41, 5.74) is 2.03. The van der Waals surface area contributed by atoms with Gasteiger partial charge in [-0.3, -0.25) is 14.6 Å². The van der Waals surface area contributed by atoms with Gasteiger partial charge in [0.1, 0.15) is 0 Å². The fourth-order valence-electron chi connectivity index (χ4n) is 1.89. The molecule has 1 aromatic heterocycles. The predicted octanol–water partition coefficient (Wildman–Crippen LogP) is 2.66. The molecule has 0 bridgehead atoms. The van der Waals surface area contributed by atoms with E-state index in [1.807, 2.05) is 0 Å². The van der Waals surface area contributed by atoms with Crippen LogP contribution >= 0.6 is 11.6 Å². The van der Waals surface area contributed by atoms with Crippen LogP contribution in [0.2, 0.25) is 5.02 Å². The number of rotatable bonds is 3. The van der Waals surface area contributed by atoms with Crippen LogP contribution in [-0.2, 0) is 0 Å². The quantitative estimate of drug-likeness (QED) is 0.915. The topological polar surface area (TPSA) is 71.1 Å². The molecule has 1 aromatic carbocycles. The molecule has 6 heteroatoms. The smallest absolute Gasteiger partial charge is 0.258 e. The number of carbonyl (C=O) groups is 2. The van der Waals surface area contributed by atoms with Gasteiger partial charge in [-0.25, -0.2) is 0 Å². The summed E-state index contributed by atoms with van der Waals surface area (Å²) in [5.74, 6) is -0.576. The van der Waals surface area contributed by atoms with Crippen LogP contribution in [0.15, 0.2) is 36.7 Å². The van der Waals surface area contributed by atoms with Crippen molar-refractivity contribution in [3.63, 3.8) is 0 Å². The van der Waals surface area contributed by atoms with Crippen LogP contribution in [-0.4, -0.2) is 23.8 Å². The van der Waals surface area contributed by atoms with Gasteiger partial charge >= 0.3 is 0 Å². The Morgan fingerprint density at radius 1 is 1.14 bits per heavy atom. The van der Waals surface area contributed by atoms with E-state index in [9.17, 15) is 9.59 Å². The first kappa shape index (κ1) is 15.0. The van der Waals surface area contributed by atoms with Crippen LogP contribution in [0.3, 0.4) is 0 Å². The van der Waals surface area contributed by atoms with E-state index in [4.69, 9.17) is 11.6 Å². The fourth-order valence-corrected chi connectivity index (χ4v) is 2.08. The maximum atomic E-state index is 12.2. The Bertz CT molecular complexity index is 701. The highest BCUT2D eigenvalue weighted by Crippen LogP contribution is 2.21. The second-order valence-electron chi connectivity index (χ2n) is 4.37. The molecule has 2 rings (SSSR count). The monoisotopic (exact) mass is 303 g/mol. The Morgan fingerprint density at radius 2 is 1.90 bits per heavy atom. The number of pyridine rings is 1. The summed E-state index contributed by atoms with van der Waals surface area (Å²) in [7, 11) is 1.56. The second kappa shape index (κ2) is 6.37. The molecule has 0 aliphatic heterocycles. The zero-order valence-electron chi connectivity index (χ0n) is 11.6. The zero-order chi connectivity index (χ0) is 15.4. The highest BCUT2D eigenvalue weighted by Gasteiger charge is 2.14. The number of halogens is 1. The van der Waals surface area contributed by atoms with Crippen molar-refractivity contribution >= 4 is 29.1 Å². The Kier molecular flexibility index (Phi) is 4.55. The van der Waals surface area contributed by atoms with Gasteiger partial charge in [0, 0.05) is 30.7 Å². The van der Waals surface area contributed by atoms with Crippen molar-refractivity contribution in [2.45, 2.75) is 6.92 Å². The van der Waals surface area contributed by atoms with Crippen molar-refractivity contribution in [1.82, 2.24) is 10.3 Å². The molecule has 0 saturated carbocycles. The minimum absolute atomic E-state index is 0.206. The first-order chi connectivity index (χ1) is 10.0. The first-order valence-corrected chi connectivity index (χ1v) is 6.65. The zero-order valence-corrected chi connectivity index (χ0v) is 12.4. The lowest BCUT2D eigenvalue weighted by Crippen LogP contribution is -2.20. The van der Waals surface area contributed by atoms with Crippen molar-refractivity contribution in [1.29, 1.82) is 0 Å². The molecule has 0 aliphatic carbocycles. The van der Waals surface area contributed by atoms with E-state index >= 15 is 0 Å². The van der Waals surface area contributed by atoms with E-state index < -0.39 is 0 Å². The minimum Gasteiger partial charge on any atom is -0.355 e. The number of hydrogen-bond donors (Lipinski definition) is 2. The summed E-state index contributed by atoms with van der Waals surface area (Å²) in [6.45, 7) is 1.77. The maximum absolute atomic E-state index is 12.2. The minimum atomic E-state index is -0.370. The largest absolute Gasteiger partial charge is 0.355 e. The molecule has 1 heterocycles. The molecule has 2 amide bonds. The normalized spacial score (nSPS) is 10.0. The molecule has 108 valence electrons. The lowest BCUT2D eigenvalue weighted by molar-refractivity contribution is 0.0960. The summed E-state index contributed by atoms with van der Waals surface area (Å²) < 4.78 is 0. The molecule has 0 aliphatic rings. The van der Waals surface area contributed by atoms with Crippen LogP contribution in [0.1, 0.15) is 26.3 Å². The van der Waals surface area contributed by atoms with Crippen LogP contribution in [0.4, 0.5) is 5.69 Å². The SMILES string of the molecule is CNC(=O)c1cccc(NC(=O)c2cnccc2Cl)c1C. The summed E-state index contributed by atoms with van der Waals surface area (Å²) >= 11 is 5.96. The number of nitrogens with zero attached hydrogens (tertiary/aromatic N) is 1. The predicted molar refractivity (Wildman–Crippen MR) is 81.8 cm³/mol. The van der Waals surface area contributed by atoms with E-state index in [2.05, 4.69) is 15.6 Å². The van der Waals surface area contributed by atoms with E-state index in [-0.39, 0.29) is 17.4 Å². The number of carbonyl (C=O) groups excluding carboxylic acids is 2. The van der Waals surface area contributed by atoms with Gasteiger partial charge in [-0.1, -0.05) is 17.7 Å². The summed E-state index contributed by atoms with van der Waals surface area (Å²) in [5, 5.41) is 5.63. The van der Waals surface area contributed by atoms with Gasteiger partial charge in [-0.05, 0) is 30.7 Å². The Labute approximate surface area is 127 Å². The summed E-state index contributed by atoms with van der Waals surface area (Å²) in [4.78, 5) is 27.8. The van der Waals surface area contributed by atoms with Gasteiger partial charge in [-0.2, -0.15) is 0 Å². The van der Waals surface area contributed by atoms with Crippen molar-refractivity contribution in [2.24, 2.45) is 0 Å². The summed E-state index contributed by atoms with van der Waals surface area (Å²) in [6, 6.07) is 6.67. The van der Waals surface area contributed by atoms with Gasteiger partial charge < -0.3 is 10.6 Å². The third-order valence-corrected chi connectivity index (χ3v) is 3.40. The van der Waals surface area contributed by atoms with Gasteiger partial charge in [0.2, 0.25) is 0 Å². The van der Waals surface area contributed by atoms with Gasteiger partial charge in [0.05, 0.1) is 10.6 Å². The molecule has 0 unspecified atom stereocenters. The van der Waals surface area contributed by atoms with Gasteiger partial charge in [0.25, 0.3) is 11.8 Å². The Balaban J connectivity index is 2.30. The van der Waals surface area contributed by atoms with E-state index in [0.717, 1.165) is 0 Å². The fraction of sp³-hybridized carbons (Fsp3) is 0.133. The molecular weight excluding hydrogens is 290 g/mol. The Hall–Kier alpha value is -2.40. The lowest BCUT2D eigenvalue weighted by Gasteiger charge is -2.12. The number of hydrogen-bond acceptors (Lipinski definition) is 3. The molecule has 2 aromatic rings. The Morgan fingerprint density at radius 3 is 2.57 bits per heavy atom. The molecule has 0 saturated heterocycles. The van der Waals surface area contributed by atoms with Crippen LogP contribution in [0.25, 0.3) is 0 Å². The number of aromatic nitrogens is 1.